The van der Waals surface area contributed by atoms with Gasteiger partial charge in [0.25, 0.3) is 11.8 Å². The second-order valence-electron chi connectivity index (χ2n) is 10.00. The topological polar surface area (TPSA) is 90.9 Å². The summed E-state index contributed by atoms with van der Waals surface area (Å²) in [5.41, 5.74) is 3.04. The van der Waals surface area contributed by atoms with Gasteiger partial charge in [-0.15, -0.1) is 0 Å². The molecule has 0 aromatic heterocycles. The molecule has 1 fully saturated rings. The van der Waals surface area contributed by atoms with Crippen LogP contribution in [0.4, 0.5) is 11.4 Å². The molecule has 0 saturated carbocycles. The van der Waals surface area contributed by atoms with Crippen molar-refractivity contribution in [1.82, 2.24) is 4.90 Å². The van der Waals surface area contributed by atoms with E-state index in [1.54, 1.807) is 24.3 Å². The largest absolute Gasteiger partial charge is 0.351 e. The van der Waals surface area contributed by atoms with Crippen molar-refractivity contribution in [2.45, 2.75) is 57.1 Å². The molecule has 2 N–H and O–H groups in total. The Hall–Kier alpha value is -3.13. The predicted octanol–water partition coefficient (Wildman–Crippen LogP) is 5.05. The summed E-state index contributed by atoms with van der Waals surface area (Å²) in [6, 6.07) is 14.5. The molecule has 7 nitrogen and oxygen atoms in total. The summed E-state index contributed by atoms with van der Waals surface area (Å²) in [6.45, 7) is 8.27. The van der Waals surface area contributed by atoms with Gasteiger partial charge in [-0.1, -0.05) is 44.7 Å². The Labute approximate surface area is 210 Å². The minimum atomic E-state index is -0.485. The molecular formula is C27H32N4O3S. The Morgan fingerprint density at radius 3 is 2.17 bits per heavy atom. The third kappa shape index (κ3) is 6.51. The van der Waals surface area contributed by atoms with Crippen molar-refractivity contribution in [1.29, 1.82) is 0 Å². The van der Waals surface area contributed by atoms with E-state index in [1.165, 1.54) is 23.7 Å². The quantitative estimate of drug-likeness (QED) is 0.610. The number of hydrogen-bond acceptors (Lipinski definition) is 5. The molecular weight excluding hydrogens is 460 g/mol. The average molecular weight is 493 g/mol. The smallest absolute Gasteiger partial charge is 0.262 e. The summed E-state index contributed by atoms with van der Waals surface area (Å²) in [4.78, 5) is 43.8. The molecule has 0 bridgehead atoms. The number of benzene rings is 2. The van der Waals surface area contributed by atoms with E-state index in [0.29, 0.717) is 11.3 Å². The first-order chi connectivity index (χ1) is 16.7. The normalized spacial score (nSPS) is 18.3. The number of hydrogen-bond donors (Lipinski definition) is 2. The standard InChI is InChI=1S/C27H32N4O3S/c1-27(2,3)19-9-13-21(14-10-19)29-24(33)18-7-11-20(12-8-18)28-23(32)17-22-25(34)30-26(35-22)31-15-5-4-6-16-31/h7-14,22H,4-6,15-17H2,1-3H3,(H,28,32)(H,29,33). The number of anilines is 2. The zero-order chi connectivity index (χ0) is 25.0. The first kappa shape index (κ1) is 25.0. The minimum absolute atomic E-state index is 0.0508. The zero-order valence-corrected chi connectivity index (χ0v) is 21.3. The van der Waals surface area contributed by atoms with E-state index < -0.39 is 5.25 Å². The SMILES string of the molecule is CC(C)(C)c1ccc(NC(=O)c2ccc(NC(=O)CC3SC(N4CCCCC4)=NC3=O)cc2)cc1. The molecule has 35 heavy (non-hydrogen) atoms. The Kier molecular flexibility index (Phi) is 7.60. The van der Waals surface area contributed by atoms with Crippen molar-refractivity contribution in [2.75, 3.05) is 23.7 Å². The van der Waals surface area contributed by atoms with E-state index in [4.69, 9.17) is 0 Å². The number of nitrogens with zero attached hydrogens (tertiary/aromatic N) is 2. The third-order valence-corrected chi connectivity index (χ3v) is 7.38. The molecule has 184 valence electrons. The second-order valence-corrected chi connectivity index (χ2v) is 11.2. The maximum Gasteiger partial charge on any atom is 0.262 e. The highest BCUT2D eigenvalue weighted by molar-refractivity contribution is 8.15. The van der Waals surface area contributed by atoms with Crippen LogP contribution in [0.15, 0.2) is 53.5 Å². The number of thioether (sulfide) groups is 1. The molecule has 2 heterocycles. The molecule has 1 saturated heterocycles. The van der Waals surface area contributed by atoms with Crippen molar-refractivity contribution in [3.63, 3.8) is 0 Å². The van der Waals surface area contributed by atoms with Gasteiger partial charge in [0.05, 0.1) is 0 Å². The van der Waals surface area contributed by atoms with Crippen molar-refractivity contribution in [3.05, 3.63) is 59.7 Å². The Morgan fingerprint density at radius 1 is 0.943 bits per heavy atom. The number of amidine groups is 1. The molecule has 3 amide bonds. The van der Waals surface area contributed by atoms with E-state index in [-0.39, 0.29) is 29.6 Å². The average Bonchev–Trinajstić information content (AvgIpc) is 3.19. The summed E-state index contributed by atoms with van der Waals surface area (Å²) in [5.74, 6) is -0.711. The number of carbonyl (C=O) groups excluding carboxylic acids is 3. The summed E-state index contributed by atoms with van der Waals surface area (Å²) >= 11 is 1.39. The molecule has 0 radical (unpaired) electrons. The summed E-state index contributed by atoms with van der Waals surface area (Å²) in [7, 11) is 0. The number of nitrogens with one attached hydrogen (secondary N) is 2. The van der Waals surface area contributed by atoms with Crippen LogP contribution in [0.2, 0.25) is 0 Å². The van der Waals surface area contributed by atoms with Gasteiger partial charge in [0.15, 0.2) is 5.17 Å². The van der Waals surface area contributed by atoms with Crippen LogP contribution in [0.1, 0.15) is 62.4 Å². The van der Waals surface area contributed by atoms with Gasteiger partial charge >= 0.3 is 0 Å². The number of amides is 3. The molecule has 2 aliphatic heterocycles. The highest BCUT2D eigenvalue weighted by Gasteiger charge is 2.33. The van der Waals surface area contributed by atoms with Gasteiger partial charge in [-0.05, 0) is 66.6 Å². The van der Waals surface area contributed by atoms with Crippen LogP contribution < -0.4 is 10.6 Å². The monoisotopic (exact) mass is 492 g/mol. The van der Waals surface area contributed by atoms with Crippen LogP contribution in [0.25, 0.3) is 0 Å². The van der Waals surface area contributed by atoms with Gasteiger partial charge in [0.2, 0.25) is 5.91 Å². The Bertz CT molecular complexity index is 1110. The molecule has 1 unspecified atom stereocenters. The predicted molar refractivity (Wildman–Crippen MR) is 142 cm³/mol. The van der Waals surface area contributed by atoms with E-state index in [1.807, 2.05) is 24.3 Å². The van der Waals surface area contributed by atoms with Crippen LogP contribution >= 0.6 is 11.8 Å². The van der Waals surface area contributed by atoms with E-state index in [9.17, 15) is 14.4 Å². The molecule has 2 aliphatic rings. The second kappa shape index (κ2) is 10.6. The Balaban J connectivity index is 1.27. The maximum atomic E-state index is 12.6. The van der Waals surface area contributed by atoms with Crippen LogP contribution in [0, 0.1) is 0 Å². The third-order valence-electron chi connectivity index (χ3n) is 6.17. The lowest BCUT2D eigenvalue weighted by Gasteiger charge is -2.27. The van der Waals surface area contributed by atoms with Crippen LogP contribution in [-0.4, -0.2) is 46.1 Å². The lowest BCUT2D eigenvalue weighted by molar-refractivity contribution is -0.121. The fourth-order valence-corrected chi connectivity index (χ4v) is 5.19. The van der Waals surface area contributed by atoms with Crippen molar-refractivity contribution in [3.8, 4) is 0 Å². The number of aliphatic imine (C=N–C) groups is 1. The summed E-state index contributed by atoms with van der Waals surface area (Å²) in [5, 5.41) is 5.98. The lowest BCUT2D eigenvalue weighted by Crippen LogP contribution is -2.33. The molecule has 0 aliphatic carbocycles. The van der Waals surface area contributed by atoms with E-state index >= 15 is 0 Å². The van der Waals surface area contributed by atoms with Gasteiger partial charge in [0, 0.05) is 36.4 Å². The van der Waals surface area contributed by atoms with Gasteiger partial charge in [0.1, 0.15) is 5.25 Å². The highest BCUT2D eigenvalue weighted by Crippen LogP contribution is 2.29. The number of rotatable bonds is 5. The fraction of sp³-hybridized carbons (Fsp3) is 0.407. The molecule has 2 aromatic rings. The lowest BCUT2D eigenvalue weighted by atomic mass is 9.87. The Morgan fingerprint density at radius 2 is 1.54 bits per heavy atom. The number of likely N-dealkylation sites (tertiary alicyclic amines) is 1. The van der Waals surface area contributed by atoms with Crippen LogP contribution in [-0.2, 0) is 15.0 Å². The molecule has 4 rings (SSSR count). The van der Waals surface area contributed by atoms with Crippen molar-refractivity contribution in [2.24, 2.45) is 4.99 Å². The molecule has 8 heteroatoms. The van der Waals surface area contributed by atoms with Crippen LogP contribution in [0.3, 0.4) is 0 Å². The highest BCUT2D eigenvalue weighted by atomic mass is 32.2. The molecule has 0 spiro atoms. The number of carbonyl (C=O) groups is 3. The van der Waals surface area contributed by atoms with Gasteiger partial charge in [-0.25, -0.2) is 0 Å². The summed E-state index contributed by atoms with van der Waals surface area (Å²) < 4.78 is 0. The van der Waals surface area contributed by atoms with Gasteiger partial charge in [-0.3, -0.25) is 14.4 Å². The maximum absolute atomic E-state index is 12.6. The molecule has 2 aromatic carbocycles. The zero-order valence-electron chi connectivity index (χ0n) is 20.5. The van der Waals surface area contributed by atoms with E-state index in [2.05, 4.69) is 41.3 Å². The van der Waals surface area contributed by atoms with Crippen molar-refractivity contribution >= 4 is 46.0 Å². The van der Waals surface area contributed by atoms with Crippen LogP contribution in [0.5, 0.6) is 0 Å². The minimum Gasteiger partial charge on any atom is -0.351 e. The van der Waals surface area contributed by atoms with Crippen molar-refractivity contribution < 1.29 is 14.4 Å². The first-order valence-corrected chi connectivity index (χ1v) is 12.9. The number of piperidine rings is 1. The first-order valence-electron chi connectivity index (χ1n) is 12.0. The summed E-state index contributed by atoms with van der Waals surface area (Å²) in [6.07, 6.45) is 3.49. The van der Waals surface area contributed by atoms with E-state index in [0.717, 1.165) is 36.8 Å². The van der Waals surface area contributed by atoms with Gasteiger partial charge in [-0.2, -0.15) is 4.99 Å². The fourth-order valence-electron chi connectivity index (χ4n) is 4.07. The van der Waals surface area contributed by atoms with Gasteiger partial charge < -0.3 is 15.5 Å². The molecule has 1 atom stereocenters.